The molecule has 1 aromatic rings. The van der Waals surface area contributed by atoms with Gasteiger partial charge in [0.2, 0.25) is 0 Å². The van der Waals surface area contributed by atoms with Crippen LogP contribution in [0, 0.1) is 13.8 Å². The first-order valence-electron chi connectivity index (χ1n) is 6.74. The Balaban J connectivity index is 1.94. The number of hydrogen-bond acceptors (Lipinski definition) is 4. The minimum atomic E-state index is -0.302. The maximum Gasteiger partial charge on any atom is 0.255 e. The Labute approximate surface area is 118 Å². The van der Waals surface area contributed by atoms with Crippen LogP contribution in [0.4, 0.5) is 0 Å². The van der Waals surface area contributed by atoms with Gasteiger partial charge in [0.1, 0.15) is 0 Å². The van der Waals surface area contributed by atoms with Crippen LogP contribution in [0.2, 0.25) is 0 Å². The Morgan fingerprint density at radius 1 is 1.37 bits per heavy atom. The molecular formula is C14H22N2O2S. The lowest BCUT2D eigenvalue weighted by molar-refractivity contribution is 0.0554. The van der Waals surface area contributed by atoms with Gasteiger partial charge in [-0.25, -0.2) is 0 Å². The van der Waals surface area contributed by atoms with Gasteiger partial charge in [-0.15, -0.1) is 11.3 Å². The zero-order valence-corrected chi connectivity index (χ0v) is 12.7. The van der Waals surface area contributed by atoms with Crippen LogP contribution in [0.5, 0.6) is 0 Å². The van der Waals surface area contributed by atoms with E-state index in [1.165, 1.54) is 4.88 Å². The number of rotatable bonds is 3. The van der Waals surface area contributed by atoms with Crippen molar-refractivity contribution in [1.29, 1.82) is 0 Å². The predicted octanol–water partition coefficient (Wildman–Crippen LogP) is 1.50. The Kier molecular flexibility index (Phi) is 4.60. The van der Waals surface area contributed by atoms with Gasteiger partial charge in [0, 0.05) is 42.5 Å². The maximum atomic E-state index is 12.4. The van der Waals surface area contributed by atoms with E-state index in [1.807, 2.05) is 24.8 Å². The highest BCUT2D eigenvalue weighted by molar-refractivity contribution is 7.12. The summed E-state index contributed by atoms with van der Waals surface area (Å²) in [5.41, 5.74) is 0.853. The zero-order chi connectivity index (χ0) is 14.0. The molecule has 0 aliphatic carbocycles. The largest absolute Gasteiger partial charge is 0.392 e. The standard InChI is InChI=1S/C14H22N2O2S/c1-10(17)9-15-4-6-16(7-5-15)14(18)13-8-11(2)19-12(13)3/h8,10,17H,4-7,9H2,1-3H3/t10-/m1/s1. The molecule has 2 heterocycles. The van der Waals surface area contributed by atoms with Crippen molar-refractivity contribution in [2.75, 3.05) is 32.7 Å². The Morgan fingerprint density at radius 2 is 2.00 bits per heavy atom. The monoisotopic (exact) mass is 282 g/mol. The van der Waals surface area contributed by atoms with Crippen molar-refractivity contribution >= 4 is 17.2 Å². The quantitative estimate of drug-likeness (QED) is 0.914. The lowest BCUT2D eigenvalue weighted by atomic mass is 10.2. The van der Waals surface area contributed by atoms with Crippen LogP contribution < -0.4 is 0 Å². The van der Waals surface area contributed by atoms with Crippen molar-refractivity contribution in [2.24, 2.45) is 0 Å². The summed E-state index contributed by atoms with van der Waals surface area (Å²) in [5, 5.41) is 9.38. The highest BCUT2D eigenvalue weighted by atomic mass is 32.1. The van der Waals surface area contributed by atoms with Crippen LogP contribution >= 0.6 is 11.3 Å². The number of aliphatic hydroxyl groups excluding tert-OH is 1. The van der Waals surface area contributed by atoms with Crippen LogP contribution in [0.1, 0.15) is 27.0 Å². The van der Waals surface area contributed by atoms with E-state index >= 15 is 0 Å². The second-order valence-corrected chi connectivity index (χ2v) is 6.73. The average Bonchev–Trinajstić information content (AvgIpc) is 2.68. The third kappa shape index (κ3) is 3.55. The molecule has 2 rings (SSSR count). The molecule has 19 heavy (non-hydrogen) atoms. The van der Waals surface area contributed by atoms with Crippen LogP contribution in [-0.4, -0.2) is 59.6 Å². The maximum absolute atomic E-state index is 12.4. The SMILES string of the molecule is Cc1cc(C(=O)N2CCN(C[C@@H](C)O)CC2)c(C)s1. The summed E-state index contributed by atoms with van der Waals surface area (Å²) in [7, 11) is 0. The topological polar surface area (TPSA) is 43.8 Å². The zero-order valence-electron chi connectivity index (χ0n) is 11.8. The van der Waals surface area contributed by atoms with Gasteiger partial charge >= 0.3 is 0 Å². The number of piperazine rings is 1. The Morgan fingerprint density at radius 3 is 2.47 bits per heavy atom. The molecule has 0 bridgehead atoms. The number of aryl methyl sites for hydroxylation is 2. The number of carbonyl (C=O) groups is 1. The molecule has 0 unspecified atom stereocenters. The molecular weight excluding hydrogens is 260 g/mol. The molecule has 0 radical (unpaired) electrons. The summed E-state index contributed by atoms with van der Waals surface area (Å²) >= 11 is 1.68. The third-order valence-electron chi connectivity index (χ3n) is 3.45. The fraction of sp³-hybridized carbons (Fsp3) is 0.643. The molecule has 5 heteroatoms. The van der Waals surface area contributed by atoms with Crippen LogP contribution in [0.15, 0.2) is 6.07 Å². The number of aliphatic hydroxyl groups is 1. The number of thiophene rings is 1. The smallest absolute Gasteiger partial charge is 0.255 e. The first kappa shape index (κ1) is 14.5. The predicted molar refractivity (Wildman–Crippen MR) is 77.8 cm³/mol. The number of hydrogen-bond donors (Lipinski definition) is 1. The van der Waals surface area contributed by atoms with E-state index in [-0.39, 0.29) is 12.0 Å². The van der Waals surface area contributed by atoms with Gasteiger partial charge in [-0.1, -0.05) is 0 Å². The van der Waals surface area contributed by atoms with E-state index in [2.05, 4.69) is 4.90 Å². The van der Waals surface area contributed by atoms with E-state index in [4.69, 9.17) is 0 Å². The highest BCUT2D eigenvalue weighted by Crippen LogP contribution is 2.22. The molecule has 0 aromatic carbocycles. The molecule has 1 aromatic heterocycles. The summed E-state index contributed by atoms with van der Waals surface area (Å²) in [6.45, 7) is 9.73. The summed E-state index contributed by atoms with van der Waals surface area (Å²) < 4.78 is 0. The van der Waals surface area contributed by atoms with E-state index in [0.717, 1.165) is 36.6 Å². The molecule has 1 N–H and O–H groups in total. The highest BCUT2D eigenvalue weighted by Gasteiger charge is 2.24. The first-order valence-corrected chi connectivity index (χ1v) is 7.55. The Hall–Kier alpha value is -0.910. The van der Waals surface area contributed by atoms with Crippen molar-refractivity contribution < 1.29 is 9.90 Å². The molecule has 0 saturated carbocycles. The van der Waals surface area contributed by atoms with E-state index < -0.39 is 0 Å². The van der Waals surface area contributed by atoms with Gasteiger partial charge in [0.15, 0.2) is 0 Å². The summed E-state index contributed by atoms with van der Waals surface area (Å²) in [5.74, 6) is 0.151. The van der Waals surface area contributed by atoms with Gasteiger partial charge in [-0.3, -0.25) is 9.69 Å². The number of nitrogens with zero attached hydrogens (tertiary/aromatic N) is 2. The lowest BCUT2D eigenvalue weighted by Crippen LogP contribution is -2.50. The second kappa shape index (κ2) is 6.03. The molecule has 1 fully saturated rings. The molecule has 1 aliphatic rings. The first-order chi connectivity index (χ1) is 8.97. The minimum Gasteiger partial charge on any atom is -0.392 e. The van der Waals surface area contributed by atoms with Crippen LogP contribution in [0.3, 0.4) is 0 Å². The van der Waals surface area contributed by atoms with E-state index in [9.17, 15) is 9.90 Å². The Bertz CT molecular complexity index is 448. The van der Waals surface area contributed by atoms with E-state index in [1.54, 1.807) is 18.3 Å². The summed E-state index contributed by atoms with van der Waals surface area (Å²) in [6.07, 6.45) is -0.302. The summed E-state index contributed by atoms with van der Waals surface area (Å²) in [4.78, 5) is 18.9. The normalized spacial score (nSPS) is 18.6. The fourth-order valence-electron chi connectivity index (χ4n) is 2.52. The van der Waals surface area contributed by atoms with Crippen LogP contribution in [0.25, 0.3) is 0 Å². The average molecular weight is 282 g/mol. The molecule has 1 atom stereocenters. The molecule has 1 amide bonds. The number of β-amino-alcohol motifs (C(OH)–C–C–N with tert-alkyl or cyclic N) is 1. The van der Waals surface area contributed by atoms with Crippen molar-refractivity contribution in [1.82, 2.24) is 9.80 Å². The molecule has 1 saturated heterocycles. The lowest BCUT2D eigenvalue weighted by Gasteiger charge is -2.35. The minimum absolute atomic E-state index is 0.151. The van der Waals surface area contributed by atoms with Crippen molar-refractivity contribution in [3.63, 3.8) is 0 Å². The number of carbonyl (C=O) groups excluding carboxylic acids is 1. The number of amides is 1. The van der Waals surface area contributed by atoms with Gasteiger partial charge < -0.3 is 10.0 Å². The fourth-order valence-corrected chi connectivity index (χ4v) is 3.44. The third-order valence-corrected chi connectivity index (χ3v) is 4.42. The van der Waals surface area contributed by atoms with Gasteiger partial charge in [-0.05, 0) is 26.8 Å². The van der Waals surface area contributed by atoms with Gasteiger partial charge in [-0.2, -0.15) is 0 Å². The van der Waals surface area contributed by atoms with Crippen molar-refractivity contribution in [2.45, 2.75) is 26.9 Å². The van der Waals surface area contributed by atoms with E-state index in [0.29, 0.717) is 6.54 Å². The van der Waals surface area contributed by atoms with Crippen molar-refractivity contribution in [3.05, 3.63) is 21.4 Å². The van der Waals surface area contributed by atoms with Gasteiger partial charge in [0.05, 0.1) is 11.7 Å². The molecule has 106 valence electrons. The van der Waals surface area contributed by atoms with Gasteiger partial charge in [0.25, 0.3) is 5.91 Å². The molecule has 4 nitrogen and oxygen atoms in total. The van der Waals surface area contributed by atoms with Crippen LogP contribution in [-0.2, 0) is 0 Å². The summed E-state index contributed by atoms with van der Waals surface area (Å²) in [6, 6.07) is 1.99. The second-order valence-electron chi connectivity index (χ2n) is 5.27. The van der Waals surface area contributed by atoms with Crippen molar-refractivity contribution in [3.8, 4) is 0 Å². The molecule has 1 aliphatic heterocycles. The molecule has 0 spiro atoms.